The Labute approximate surface area is 106 Å². The Morgan fingerprint density at radius 3 is 2.83 bits per heavy atom. The van der Waals surface area contributed by atoms with Gasteiger partial charge in [-0.1, -0.05) is 0 Å². The summed E-state index contributed by atoms with van der Waals surface area (Å²) in [4.78, 5) is 2.08. The fourth-order valence-corrected chi connectivity index (χ4v) is 1.90. The molecule has 5 heteroatoms. The lowest BCUT2D eigenvalue weighted by Gasteiger charge is -2.16. The molecule has 18 heavy (non-hydrogen) atoms. The molecule has 1 aromatic heterocycles. The van der Waals surface area contributed by atoms with E-state index in [1.807, 2.05) is 20.2 Å². The smallest absolute Gasteiger partial charge is 0.134 e. The molecule has 1 aromatic carbocycles. The summed E-state index contributed by atoms with van der Waals surface area (Å²) < 4.78 is 18.8. The minimum Gasteiger partial charge on any atom is -0.459 e. The highest BCUT2D eigenvalue weighted by molar-refractivity contribution is 5.78. The van der Waals surface area contributed by atoms with Crippen LogP contribution in [0.15, 0.2) is 28.7 Å². The van der Waals surface area contributed by atoms with E-state index in [-0.39, 0.29) is 11.9 Å². The summed E-state index contributed by atoms with van der Waals surface area (Å²) in [6, 6.07) is 6.25. The van der Waals surface area contributed by atoms with Gasteiger partial charge in [-0.25, -0.2) is 9.82 Å². The standard InChI is InChI=1S/C13H18FN3O/c1-17(2)6-5-11(16-15)13-8-9-7-10(14)3-4-12(9)18-13/h3-4,7-8,11,16H,5-6,15H2,1-2H3. The fourth-order valence-electron chi connectivity index (χ4n) is 1.90. The molecule has 0 saturated carbocycles. The number of furan rings is 1. The van der Waals surface area contributed by atoms with Crippen molar-refractivity contribution in [1.29, 1.82) is 0 Å². The number of benzene rings is 1. The first-order valence-electron chi connectivity index (χ1n) is 5.90. The predicted molar refractivity (Wildman–Crippen MR) is 69.4 cm³/mol. The number of rotatable bonds is 5. The second kappa shape index (κ2) is 5.48. The number of hydrogen-bond acceptors (Lipinski definition) is 4. The zero-order valence-corrected chi connectivity index (χ0v) is 10.6. The lowest BCUT2D eigenvalue weighted by molar-refractivity contribution is 0.339. The summed E-state index contributed by atoms with van der Waals surface area (Å²) in [5, 5.41) is 0.759. The number of nitrogens with one attached hydrogen (secondary N) is 1. The first-order chi connectivity index (χ1) is 8.60. The van der Waals surface area contributed by atoms with Crippen LogP contribution < -0.4 is 11.3 Å². The minimum absolute atomic E-state index is 0.0668. The van der Waals surface area contributed by atoms with Gasteiger partial charge in [0.1, 0.15) is 17.2 Å². The van der Waals surface area contributed by atoms with Gasteiger partial charge >= 0.3 is 0 Å². The van der Waals surface area contributed by atoms with Gasteiger partial charge in [-0.15, -0.1) is 0 Å². The van der Waals surface area contributed by atoms with E-state index in [0.717, 1.165) is 24.1 Å². The molecular weight excluding hydrogens is 233 g/mol. The molecule has 0 saturated heterocycles. The molecule has 0 bridgehead atoms. The number of hydrazine groups is 1. The van der Waals surface area contributed by atoms with Gasteiger partial charge in [0.2, 0.25) is 0 Å². The van der Waals surface area contributed by atoms with Crippen LogP contribution in [0.25, 0.3) is 11.0 Å². The summed E-state index contributed by atoms with van der Waals surface area (Å²) in [6.45, 7) is 0.889. The van der Waals surface area contributed by atoms with Gasteiger partial charge in [-0.2, -0.15) is 0 Å². The largest absolute Gasteiger partial charge is 0.459 e. The third-order valence-electron chi connectivity index (χ3n) is 2.91. The van der Waals surface area contributed by atoms with E-state index >= 15 is 0 Å². The fraction of sp³-hybridized carbons (Fsp3) is 0.385. The average molecular weight is 251 g/mol. The zero-order chi connectivity index (χ0) is 13.1. The molecule has 0 aliphatic heterocycles. The van der Waals surface area contributed by atoms with Crippen molar-refractivity contribution in [2.24, 2.45) is 5.84 Å². The number of nitrogens with two attached hydrogens (primary N) is 1. The van der Waals surface area contributed by atoms with Crippen LogP contribution in [0, 0.1) is 5.82 Å². The minimum atomic E-state index is -0.264. The van der Waals surface area contributed by atoms with Gasteiger partial charge in [-0.05, 0) is 51.3 Å². The van der Waals surface area contributed by atoms with Crippen LogP contribution in [0.2, 0.25) is 0 Å². The van der Waals surface area contributed by atoms with Crippen LogP contribution >= 0.6 is 0 Å². The van der Waals surface area contributed by atoms with E-state index in [2.05, 4.69) is 10.3 Å². The molecule has 1 unspecified atom stereocenters. The average Bonchev–Trinajstić information content (AvgIpc) is 2.72. The molecule has 4 nitrogen and oxygen atoms in total. The highest BCUT2D eigenvalue weighted by Crippen LogP contribution is 2.26. The van der Waals surface area contributed by atoms with Crippen LogP contribution in [-0.4, -0.2) is 25.5 Å². The van der Waals surface area contributed by atoms with Crippen molar-refractivity contribution < 1.29 is 8.81 Å². The van der Waals surface area contributed by atoms with Crippen LogP contribution in [0.3, 0.4) is 0 Å². The van der Waals surface area contributed by atoms with Gasteiger partial charge in [0, 0.05) is 5.39 Å². The molecule has 0 radical (unpaired) electrons. The Morgan fingerprint density at radius 1 is 1.39 bits per heavy atom. The summed E-state index contributed by atoms with van der Waals surface area (Å²) in [5.41, 5.74) is 3.41. The van der Waals surface area contributed by atoms with E-state index < -0.39 is 0 Å². The van der Waals surface area contributed by atoms with E-state index in [1.54, 1.807) is 6.07 Å². The van der Waals surface area contributed by atoms with Gasteiger partial charge < -0.3 is 9.32 Å². The number of nitrogens with zero attached hydrogens (tertiary/aromatic N) is 1. The second-order valence-electron chi connectivity index (χ2n) is 4.64. The lowest BCUT2D eigenvalue weighted by atomic mass is 10.1. The van der Waals surface area contributed by atoms with Gasteiger partial charge in [0.05, 0.1) is 6.04 Å². The monoisotopic (exact) mass is 251 g/mol. The van der Waals surface area contributed by atoms with Crippen molar-refractivity contribution in [1.82, 2.24) is 10.3 Å². The quantitative estimate of drug-likeness (QED) is 0.630. The van der Waals surface area contributed by atoms with E-state index in [1.165, 1.54) is 12.1 Å². The number of halogens is 1. The molecule has 1 heterocycles. The van der Waals surface area contributed by atoms with E-state index in [0.29, 0.717) is 5.58 Å². The topological polar surface area (TPSA) is 54.4 Å². The Balaban J connectivity index is 2.22. The molecule has 0 aliphatic carbocycles. The number of fused-ring (bicyclic) bond motifs is 1. The maximum Gasteiger partial charge on any atom is 0.134 e. The van der Waals surface area contributed by atoms with Gasteiger partial charge in [0.25, 0.3) is 0 Å². The SMILES string of the molecule is CN(C)CCC(NN)c1cc2cc(F)ccc2o1. The van der Waals surface area contributed by atoms with Crippen LogP contribution in [-0.2, 0) is 0 Å². The Morgan fingerprint density at radius 2 is 2.17 bits per heavy atom. The van der Waals surface area contributed by atoms with Crippen molar-refractivity contribution in [2.45, 2.75) is 12.5 Å². The molecular formula is C13H18FN3O. The number of hydrogen-bond donors (Lipinski definition) is 2. The summed E-state index contributed by atoms with van der Waals surface area (Å²) in [5.74, 6) is 6.01. The second-order valence-corrected chi connectivity index (χ2v) is 4.64. The Kier molecular flexibility index (Phi) is 3.96. The molecule has 0 aliphatic rings. The normalized spacial score (nSPS) is 13.4. The third kappa shape index (κ3) is 2.87. The summed E-state index contributed by atoms with van der Waals surface area (Å²) >= 11 is 0. The van der Waals surface area contributed by atoms with Crippen LogP contribution in [0.4, 0.5) is 4.39 Å². The highest BCUT2D eigenvalue weighted by atomic mass is 19.1. The molecule has 2 aromatic rings. The molecule has 1 atom stereocenters. The first-order valence-corrected chi connectivity index (χ1v) is 5.90. The van der Waals surface area contributed by atoms with Crippen molar-refractivity contribution in [3.05, 3.63) is 35.8 Å². The highest BCUT2D eigenvalue weighted by Gasteiger charge is 2.15. The maximum absolute atomic E-state index is 13.1. The van der Waals surface area contributed by atoms with Crippen molar-refractivity contribution in [2.75, 3.05) is 20.6 Å². The van der Waals surface area contributed by atoms with E-state index in [4.69, 9.17) is 10.3 Å². The predicted octanol–water partition coefficient (Wildman–Crippen LogP) is 2.03. The molecule has 0 amide bonds. The Bertz CT molecular complexity index is 524. The maximum atomic E-state index is 13.1. The van der Waals surface area contributed by atoms with Gasteiger partial charge in [-0.3, -0.25) is 5.84 Å². The lowest BCUT2D eigenvalue weighted by Crippen LogP contribution is -2.30. The van der Waals surface area contributed by atoms with Crippen LogP contribution in [0.5, 0.6) is 0 Å². The van der Waals surface area contributed by atoms with E-state index in [9.17, 15) is 4.39 Å². The zero-order valence-electron chi connectivity index (χ0n) is 10.6. The van der Waals surface area contributed by atoms with Gasteiger partial charge in [0.15, 0.2) is 0 Å². The van der Waals surface area contributed by atoms with Crippen molar-refractivity contribution >= 4 is 11.0 Å². The first kappa shape index (κ1) is 13.0. The van der Waals surface area contributed by atoms with Crippen LogP contribution in [0.1, 0.15) is 18.2 Å². The summed E-state index contributed by atoms with van der Waals surface area (Å²) in [7, 11) is 4.00. The molecule has 3 N–H and O–H groups in total. The molecule has 0 spiro atoms. The molecule has 0 fully saturated rings. The molecule has 2 rings (SSSR count). The third-order valence-corrected chi connectivity index (χ3v) is 2.91. The molecule has 98 valence electrons. The summed E-state index contributed by atoms with van der Waals surface area (Å²) in [6.07, 6.45) is 0.825. The van der Waals surface area contributed by atoms with Crippen molar-refractivity contribution in [3.8, 4) is 0 Å². The Hall–Kier alpha value is -1.43. The van der Waals surface area contributed by atoms with Crippen molar-refractivity contribution in [3.63, 3.8) is 0 Å².